The molecule has 1 heterocycles. The smallest absolute Gasteiger partial charge is 0.274 e. The maximum Gasteiger partial charge on any atom is 0.274 e. The molecule has 8 heteroatoms. The number of halogens is 3. The number of hydrogen-bond acceptors (Lipinski definition) is 4. The van der Waals surface area contributed by atoms with E-state index in [1.54, 1.807) is 12.1 Å². The second-order valence-corrected chi connectivity index (χ2v) is 6.17. The van der Waals surface area contributed by atoms with E-state index in [0.717, 1.165) is 17.8 Å². The Hall–Kier alpha value is -3.55. The summed E-state index contributed by atoms with van der Waals surface area (Å²) in [6.45, 7) is 0. The lowest BCUT2D eigenvalue weighted by atomic mass is 10.2. The highest BCUT2D eigenvalue weighted by Gasteiger charge is 2.14. The molecule has 3 rings (SSSR count). The third kappa shape index (κ3) is 4.22. The van der Waals surface area contributed by atoms with Crippen LogP contribution >= 0.6 is 0 Å². The van der Waals surface area contributed by atoms with Crippen LogP contribution in [0.4, 0.5) is 35.9 Å². The number of pyridine rings is 1. The van der Waals surface area contributed by atoms with Crippen LogP contribution in [0.3, 0.4) is 0 Å². The number of benzene rings is 2. The zero-order valence-corrected chi connectivity index (χ0v) is 15.1. The largest absolute Gasteiger partial charge is 0.378 e. The summed E-state index contributed by atoms with van der Waals surface area (Å²) in [6.07, 6.45) is 1.35. The molecule has 0 aliphatic carbocycles. The van der Waals surface area contributed by atoms with Crippen LogP contribution in [-0.4, -0.2) is 25.0 Å². The predicted octanol–water partition coefficient (Wildman–Crippen LogP) is 4.56. The normalized spacial score (nSPS) is 10.5. The third-order valence-corrected chi connectivity index (χ3v) is 3.95. The molecular weight excluding hydrogens is 369 g/mol. The lowest BCUT2D eigenvalue weighted by Crippen LogP contribution is -2.14. The molecule has 0 atom stereocenters. The molecule has 0 fully saturated rings. The molecule has 0 unspecified atom stereocenters. The molecule has 2 aromatic carbocycles. The molecule has 0 aliphatic rings. The number of rotatable bonds is 5. The average Bonchev–Trinajstić information content (AvgIpc) is 2.69. The Bertz CT molecular complexity index is 1010. The third-order valence-electron chi connectivity index (χ3n) is 3.95. The second kappa shape index (κ2) is 7.99. The van der Waals surface area contributed by atoms with Crippen LogP contribution in [0.1, 0.15) is 10.5 Å². The molecule has 28 heavy (non-hydrogen) atoms. The Labute approximate surface area is 159 Å². The number of hydrogen-bond donors (Lipinski definition) is 2. The number of carbonyl (C=O) groups excluding carboxylic acids is 1. The number of nitrogens with zero attached hydrogens (tertiary/aromatic N) is 2. The summed E-state index contributed by atoms with van der Waals surface area (Å²) in [7, 11) is 3.82. The first kappa shape index (κ1) is 19.2. The summed E-state index contributed by atoms with van der Waals surface area (Å²) < 4.78 is 40.2. The van der Waals surface area contributed by atoms with E-state index in [-0.39, 0.29) is 11.4 Å². The van der Waals surface area contributed by atoms with Crippen molar-refractivity contribution in [2.45, 2.75) is 0 Å². The number of amides is 1. The van der Waals surface area contributed by atoms with Crippen molar-refractivity contribution in [3.63, 3.8) is 0 Å². The predicted molar refractivity (Wildman–Crippen MR) is 103 cm³/mol. The topological polar surface area (TPSA) is 57.3 Å². The number of carbonyl (C=O) groups is 1. The molecule has 1 amide bonds. The molecule has 0 spiro atoms. The Morgan fingerprint density at radius 1 is 0.929 bits per heavy atom. The maximum absolute atomic E-state index is 13.8. The quantitative estimate of drug-likeness (QED) is 0.631. The highest BCUT2D eigenvalue weighted by atomic mass is 19.2. The van der Waals surface area contributed by atoms with Crippen molar-refractivity contribution in [1.82, 2.24) is 4.98 Å². The van der Waals surface area contributed by atoms with E-state index in [4.69, 9.17) is 0 Å². The summed E-state index contributed by atoms with van der Waals surface area (Å²) in [6, 6.07) is 12.0. The maximum atomic E-state index is 13.8. The SMILES string of the molecule is CN(C)c1ccc(NC(=O)c2cc(Nc3ccc(F)c(F)c3F)ccn2)cc1. The fraction of sp³-hybridized carbons (Fsp3) is 0.100. The van der Waals surface area contributed by atoms with E-state index < -0.39 is 23.4 Å². The molecule has 144 valence electrons. The minimum absolute atomic E-state index is 0.0738. The molecule has 0 bridgehead atoms. The van der Waals surface area contributed by atoms with E-state index in [2.05, 4.69) is 15.6 Å². The van der Waals surface area contributed by atoms with Gasteiger partial charge in [0, 0.05) is 37.4 Å². The fourth-order valence-corrected chi connectivity index (χ4v) is 2.45. The van der Waals surface area contributed by atoms with Crippen LogP contribution in [-0.2, 0) is 0 Å². The molecule has 0 saturated carbocycles. The Morgan fingerprint density at radius 2 is 1.64 bits per heavy atom. The Kier molecular flexibility index (Phi) is 5.49. The van der Waals surface area contributed by atoms with Crippen LogP contribution < -0.4 is 15.5 Å². The van der Waals surface area contributed by atoms with Gasteiger partial charge in [-0.15, -0.1) is 0 Å². The molecule has 0 aliphatic heterocycles. The van der Waals surface area contributed by atoms with Crippen LogP contribution in [0.15, 0.2) is 54.7 Å². The van der Waals surface area contributed by atoms with Gasteiger partial charge in [-0.1, -0.05) is 0 Å². The lowest BCUT2D eigenvalue weighted by Gasteiger charge is -2.13. The summed E-state index contributed by atoms with van der Waals surface area (Å²) >= 11 is 0. The molecular formula is C20H17F3N4O. The van der Waals surface area contributed by atoms with Gasteiger partial charge in [0.2, 0.25) is 0 Å². The van der Waals surface area contributed by atoms with Crippen molar-refractivity contribution < 1.29 is 18.0 Å². The number of aromatic nitrogens is 1. The van der Waals surface area contributed by atoms with Crippen LogP contribution in [0.2, 0.25) is 0 Å². The molecule has 5 nitrogen and oxygen atoms in total. The zero-order valence-electron chi connectivity index (χ0n) is 15.1. The first-order valence-corrected chi connectivity index (χ1v) is 8.30. The van der Waals surface area contributed by atoms with Crippen LogP contribution in [0.25, 0.3) is 0 Å². The molecule has 2 N–H and O–H groups in total. The van der Waals surface area contributed by atoms with E-state index in [1.165, 1.54) is 18.3 Å². The van der Waals surface area contributed by atoms with Crippen molar-refractivity contribution in [1.29, 1.82) is 0 Å². The average molecular weight is 386 g/mol. The van der Waals surface area contributed by atoms with Crippen molar-refractivity contribution in [2.24, 2.45) is 0 Å². The van der Waals surface area contributed by atoms with Gasteiger partial charge in [-0.3, -0.25) is 9.78 Å². The van der Waals surface area contributed by atoms with Gasteiger partial charge in [0.1, 0.15) is 5.69 Å². The van der Waals surface area contributed by atoms with Crippen LogP contribution in [0, 0.1) is 17.5 Å². The number of nitrogens with one attached hydrogen (secondary N) is 2. The Balaban J connectivity index is 1.75. The summed E-state index contributed by atoms with van der Waals surface area (Å²) in [4.78, 5) is 18.3. The van der Waals surface area contributed by atoms with Gasteiger partial charge in [0.05, 0.1) is 5.69 Å². The first-order chi connectivity index (χ1) is 13.3. The fourth-order valence-electron chi connectivity index (χ4n) is 2.45. The van der Waals surface area contributed by atoms with E-state index >= 15 is 0 Å². The standard InChI is InChI=1S/C20H17F3N4O/c1-27(2)14-5-3-12(4-6-14)26-20(28)17-11-13(9-10-24-17)25-16-8-7-15(21)18(22)19(16)23/h3-11H,1-2H3,(H,24,25)(H,26,28). The van der Waals surface area contributed by atoms with Crippen molar-refractivity contribution in [3.05, 3.63) is 77.9 Å². The molecule has 0 radical (unpaired) electrons. The van der Waals surface area contributed by atoms with Gasteiger partial charge >= 0.3 is 0 Å². The summed E-state index contributed by atoms with van der Waals surface area (Å²) in [5.41, 5.74) is 1.69. The lowest BCUT2D eigenvalue weighted by molar-refractivity contribution is 0.102. The van der Waals surface area contributed by atoms with E-state index in [0.29, 0.717) is 11.4 Å². The molecule has 0 saturated heterocycles. The van der Waals surface area contributed by atoms with Gasteiger partial charge in [-0.05, 0) is 48.5 Å². The van der Waals surface area contributed by atoms with Crippen LogP contribution in [0.5, 0.6) is 0 Å². The van der Waals surface area contributed by atoms with Crippen molar-refractivity contribution in [3.8, 4) is 0 Å². The van der Waals surface area contributed by atoms with E-state index in [1.807, 2.05) is 31.1 Å². The van der Waals surface area contributed by atoms with Gasteiger partial charge in [-0.25, -0.2) is 13.2 Å². The number of anilines is 4. The molecule has 1 aromatic heterocycles. The highest BCUT2D eigenvalue weighted by Crippen LogP contribution is 2.24. The van der Waals surface area contributed by atoms with Gasteiger partial charge in [0.25, 0.3) is 5.91 Å². The van der Waals surface area contributed by atoms with E-state index in [9.17, 15) is 18.0 Å². The van der Waals surface area contributed by atoms with Gasteiger partial charge < -0.3 is 15.5 Å². The summed E-state index contributed by atoms with van der Waals surface area (Å²) in [5, 5.41) is 5.32. The highest BCUT2D eigenvalue weighted by molar-refractivity contribution is 6.03. The Morgan fingerprint density at radius 3 is 2.32 bits per heavy atom. The van der Waals surface area contributed by atoms with Crippen molar-refractivity contribution in [2.75, 3.05) is 29.6 Å². The monoisotopic (exact) mass is 386 g/mol. The molecule has 3 aromatic rings. The first-order valence-electron chi connectivity index (χ1n) is 8.30. The van der Waals surface area contributed by atoms with Crippen molar-refractivity contribution >= 4 is 28.7 Å². The zero-order chi connectivity index (χ0) is 20.3. The van der Waals surface area contributed by atoms with Gasteiger partial charge in [-0.2, -0.15) is 0 Å². The summed E-state index contributed by atoms with van der Waals surface area (Å²) in [5.74, 6) is -4.66. The second-order valence-electron chi connectivity index (χ2n) is 6.17. The van der Waals surface area contributed by atoms with Gasteiger partial charge in [0.15, 0.2) is 17.5 Å². The minimum atomic E-state index is -1.57. The minimum Gasteiger partial charge on any atom is -0.378 e.